The van der Waals surface area contributed by atoms with Crippen LogP contribution in [0.3, 0.4) is 0 Å². The molecule has 134 valence electrons. The first kappa shape index (κ1) is 17.9. The van der Waals surface area contributed by atoms with Crippen molar-refractivity contribution in [2.45, 2.75) is 53.1 Å². The minimum Gasteiger partial charge on any atom is -0.359 e. The number of nitrogens with zero attached hydrogens (tertiary/aromatic N) is 1. The fraction of sp³-hybridized carbons (Fsp3) is 0.900. The maximum absolute atomic E-state index is 12.6. The van der Waals surface area contributed by atoms with Crippen molar-refractivity contribution in [3.63, 3.8) is 0 Å². The number of hydrogen-bond donors (Lipinski definition) is 0. The van der Waals surface area contributed by atoms with Crippen LogP contribution in [-0.2, 0) is 14.3 Å². The molecule has 4 nitrogen and oxygen atoms in total. The average molecular weight is 333 g/mol. The number of fused-ring (bicyclic) bond motifs is 3. The molecule has 0 aliphatic heterocycles. The lowest BCUT2D eigenvalue weighted by Gasteiger charge is -2.49. The summed E-state index contributed by atoms with van der Waals surface area (Å²) in [5.41, 5.74) is 0.0742. The Morgan fingerprint density at radius 1 is 1.29 bits per heavy atom. The molecule has 9 atom stereocenters. The minimum absolute atomic E-state index is 0.0285. The molecule has 4 heteroatoms. The van der Waals surface area contributed by atoms with Gasteiger partial charge in [-0.1, -0.05) is 27.7 Å². The van der Waals surface area contributed by atoms with Crippen molar-refractivity contribution in [3.8, 4) is 6.07 Å². The average Bonchev–Trinajstić information content (AvgIpc) is 2.77. The molecule has 3 fully saturated rings. The van der Waals surface area contributed by atoms with Gasteiger partial charge in [0, 0.05) is 25.4 Å². The third-order valence-electron chi connectivity index (χ3n) is 7.32. The molecule has 0 aromatic carbocycles. The molecule has 0 amide bonds. The largest absolute Gasteiger partial charge is 0.359 e. The van der Waals surface area contributed by atoms with Crippen LogP contribution in [0.15, 0.2) is 0 Å². The maximum Gasteiger partial charge on any atom is 0.146 e. The molecule has 3 rings (SSSR count). The first-order chi connectivity index (χ1) is 11.3. The van der Waals surface area contributed by atoms with Crippen molar-refractivity contribution in [3.05, 3.63) is 0 Å². The normalized spacial score (nSPS) is 50.9. The molecule has 0 unspecified atom stereocenters. The lowest BCUT2D eigenvalue weighted by molar-refractivity contribution is -0.136. The van der Waals surface area contributed by atoms with E-state index in [1.54, 1.807) is 7.11 Å². The van der Waals surface area contributed by atoms with Gasteiger partial charge in [0.15, 0.2) is 0 Å². The molecular weight excluding hydrogens is 302 g/mol. The van der Waals surface area contributed by atoms with Crippen LogP contribution < -0.4 is 0 Å². The van der Waals surface area contributed by atoms with Crippen molar-refractivity contribution in [1.29, 1.82) is 5.26 Å². The lowest BCUT2D eigenvalue weighted by atomic mass is 9.54. The molecule has 3 aliphatic carbocycles. The van der Waals surface area contributed by atoms with Crippen LogP contribution in [0.5, 0.6) is 0 Å². The van der Waals surface area contributed by atoms with E-state index in [-0.39, 0.29) is 47.8 Å². The second kappa shape index (κ2) is 6.42. The van der Waals surface area contributed by atoms with E-state index in [0.29, 0.717) is 24.2 Å². The van der Waals surface area contributed by atoms with E-state index in [1.165, 1.54) is 6.42 Å². The molecular formula is C20H31NO3. The molecule has 3 saturated carbocycles. The van der Waals surface area contributed by atoms with Crippen LogP contribution in [0.2, 0.25) is 0 Å². The number of carbonyl (C=O) groups excluding carboxylic acids is 1. The van der Waals surface area contributed by atoms with Crippen molar-refractivity contribution < 1.29 is 14.3 Å². The zero-order chi connectivity index (χ0) is 17.6. The van der Waals surface area contributed by atoms with Crippen LogP contribution in [0.4, 0.5) is 0 Å². The fourth-order valence-corrected chi connectivity index (χ4v) is 6.96. The standard InChI is InChI=1S/C20H31NO3/c1-11-6-12(2)17-19(24-10-23-5)16-14(9-21)7-15(22)13(3)18(16)20(17,4)8-11/h11-14,16-19H,6-8,10H2,1-5H3/t11-,12+,13-,14-,16-,17+,18+,19-,20-/m1/s1. The molecule has 0 heterocycles. The van der Waals surface area contributed by atoms with Gasteiger partial charge in [-0.15, -0.1) is 0 Å². The third-order valence-corrected chi connectivity index (χ3v) is 7.32. The second-order valence-electron chi connectivity index (χ2n) is 8.89. The Bertz CT molecular complexity index is 541. The molecule has 0 bridgehead atoms. The van der Waals surface area contributed by atoms with Crippen molar-refractivity contribution in [1.82, 2.24) is 0 Å². The number of Topliss-reactive ketones (excluding diaryl/α,β-unsaturated/α-hetero) is 1. The summed E-state index contributed by atoms with van der Waals surface area (Å²) in [4.78, 5) is 12.6. The number of carbonyl (C=O) groups is 1. The van der Waals surface area contributed by atoms with Gasteiger partial charge in [0.2, 0.25) is 0 Å². The van der Waals surface area contributed by atoms with E-state index < -0.39 is 0 Å². The minimum atomic E-state index is -0.217. The van der Waals surface area contributed by atoms with E-state index in [4.69, 9.17) is 9.47 Å². The Balaban J connectivity index is 2.06. The topological polar surface area (TPSA) is 59.3 Å². The third kappa shape index (κ3) is 2.52. The quantitative estimate of drug-likeness (QED) is 0.740. The Morgan fingerprint density at radius 3 is 2.62 bits per heavy atom. The SMILES string of the molecule is COCO[C@@H]1[C@H]2[C@H]([C@H](C)C(=O)C[C@@H]2C#N)[C@]2(C)C[C@H](C)C[C@H](C)[C@@H]12. The monoisotopic (exact) mass is 333 g/mol. The maximum atomic E-state index is 12.6. The summed E-state index contributed by atoms with van der Waals surface area (Å²) in [6.45, 7) is 9.36. The zero-order valence-corrected chi connectivity index (χ0v) is 15.6. The molecule has 0 radical (unpaired) electrons. The molecule has 0 spiro atoms. The van der Waals surface area contributed by atoms with Crippen LogP contribution in [0.25, 0.3) is 0 Å². The van der Waals surface area contributed by atoms with Gasteiger partial charge in [-0.2, -0.15) is 5.26 Å². The highest BCUT2D eigenvalue weighted by Crippen LogP contribution is 2.66. The van der Waals surface area contributed by atoms with E-state index in [9.17, 15) is 10.1 Å². The first-order valence-electron chi connectivity index (χ1n) is 9.38. The predicted molar refractivity (Wildman–Crippen MR) is 90.8 cm³/mol. The Morgan fingerprint density at radius 2 is 2.00 bits per heavy atom. The first-order valence-corrected chi connectivity index (χ1v) is 9.38. The van der Waals surface area contributed by atoms with Crippen LogP contribution >= 0.6 is 0 Å². The van der Waals surface area contributed by atoms with Crippen molar-refractivity contribution >= 4 is 5.78 Å². The second-order valence-corrected chi connectivity index (χ2v) is 8.89. The highest BCUT2D eigenvalue weighted by atomic mass is 16.7. The Hall–Kier alpha value is -0.920. The van der Waals surface area contributed by atoms with E-state index in [2.05, 4.69) is 33.8 Å². The van der Waals surface area contributed by atoms with Crippen LogP contribution in [0.1, 0.15) is 47.0 Å². The molecule has 3 aliphatic rings. The number of hydrogen-bond acceptors (Lipinski definition) is 4. The predicted octanol–water partition coefficient (Wildman–Crippen LogP) is 3.66. The van der Waals surface area contributed by atoms with Gasteiger partial charge < -0.3 is 9.47 Å². The molecule has 0 aromatic rings. The number of ketones is 1. The van der Waals surface area contributed by atoms with Crippen molar-refractivity contribution in [2.75, 3.05) is 13.9 Å². The van der Waals surface area contributed by atoms with Gasteiger partial charge in [0.05, 0.1) is 18.1 Å². The fourth-order valence-electron chi connectivity index (χ4n) is 6.96. The Labute approximate surface area is 145 Å². The van der Waals surface area contributed by atoms with E-state index >= 15 is 0 Å². The summed E-state index contributed by atoms with van der Waals surface area (Å²) in [6, 6.07) is 2.44. The van der Waals surface area contributed by atoms with Crippen LogP contribution in [0, 0.1) is 58.2 Å². The number of rotatable bonds is 3. The summed E-state index contributed by atoms with van der Waals surface area (Å²) < 4.78 is 11.4. The number of ether oxygens (including phenoxy) is 2. The van der Waals surface area contributed by atoms with Crippen molar-refractivity contribution in [2.24, 2.45) is 46.8 Å². The summed E-state index contributed by atoms with van der Waals surface area (Å²) in [5.74, 6) is 2.09. The highest BCUT2D eigenvalue weighted by Gasteiger charge is 2.66. The van der Waals surface area contributed by atoms with Gasteiger partial charge in [-0.25, -0.2) is 0 Å². The van der Waals surface area contributed by atoms with Gasteiger partial charge in [0.1, 0.15) is 12.6 Å². The lowest BCUT2D eigenvalue weighted by Crippen LogP contribution is -2.46. The Kier molecular flexibility index (Phi) is 4.79. The van der Waals surface area contributed by atoms with E-state index in [1.807, 2.05) is 0 Å². The smallest absolute Gasteiger partial charge is 0.146 e. The summed E-state index contributed by atoms with van der Waals surface area (Å²) in [6.07, 6.45) is 2.75. The summed E-state index contributed by atoms with van der Waals surface area (Å²) in [5, 5.41) is 9.73. The zero-order valence-electron chi connectivity index (χ0n) is 15.6. The van der Waals surface area contributed by atoms with Gasteiger partial charge >= 0.3 is 0 Å². The molecule has 0 saturated heterocycles. The highest BCUT2D eigenvalue weighted by molar-refractivity contribution is 5.82. The summed E-state index contributed by atoms with van der Waals surface area (Å²) >= 11 is 0. The molecule has 0 N–H and O–H groups in total. The van der Waals surface area contributed by atoms with Gasteiger partial charge in [-0.05, 0) is 41.9 Å². The number of methoxy groups -OCH3 is 1. The van der Waals surface area contributed by atoms with Crippen LogP contribution in [-0.4, -0.2) is 25.8 Å². The molecule has 0 aromatic heterocycles. The summed E-state index contributed by atoms with van der Waals surface area (Å²) in [7, 11) is 1.65. The van der Waals surface area contributed by atoms with E-state index in [0.717, 1.165) is 6.42 Å². The number of nitriles is 1. The van der Waals surface area contributed by atoms with Gasteiger partial charge in [-0.3, -0.25) is 4.79 Å². The van der Waals surface area contributed by atoms with Gasteiger partial charge in [0.25, 0.3) is 0 Å². The molecule has 24 heavy (non-hydrogen) atoms.